The topological polar surface area (TPSA) is 55.8 Å². The molecule has 5 rings (SSSR count). The quantitative estimate of drug-likeness (QED) is 0.729. The molecule has 1 N–H and O–H groups in total. The average Bonchev–Trinajstić information content (AvgIpc) is 3.20. The fourth-order valence-electron chi connectivity index (χ4n) is 9.13. The highest BCUT2D eigenvalue weighted by Gasteiger charge is 2.67. The molecule has 5 fully saturated rings. The molecule has 1 heterocycles. The number of carbonyl (C=O) groups excluding carboxylic acids is 1. The Bertz CT molecular complexity index is 655. The lowest BCUT2D eigenvalue weighted by atomic mass is 9.42. The van der Waals surface area contributed by atoms with Crippen molar-refractivity contribution in [3.05, 3.63) is 0 Å². The summed E-state index contributed by atoms with van der Waals surface area (Å²) in [5.74, 6) is 2.64. The van der Waals surface area contributed by atoms with Gasteiger partial charge in [0.25, 0.3) is 0 Å². The first-order chi connectivity index (χ1) is 13.2. The summed E-state index contributed by atoms with van der Waals surface area (Å²) < 4.78 is 12.2. The zero-order valence-corrected chi connectivity index (χ0v) is 18.1. The summed E-state index contributed by atoms with van der Waals surface area (Å²) >= 11 is 0. The largest absolute Gasteiger partial charge is 0.393 e. The summed E-state index contributed by atoms with van der Waals surface area (Å²) in [6, 6.07) is 0. The molecule has 0 unspecified atom stereocenters. The van der Waals surface area contributed by atoms with Crippen LogP contribution in [0.4, 0.5) is 0 Å². The lowest BCUT2D eigenvalue weighted by Crippen LogP contribution is -2.60. The van der Waals surface area contributed by atoms with E-state index < -0.39 is 5.79 Å². The minimum absolute atomic E-state index is 0.00552. The Hall–Kier alpha value is -0.450. The molecule has 9 atom stereocenters. The van der Waals surface area contributed by atoms with E-state index in [1.807, 2.05) is 0 Å². The lowest BCUT2D eigenvalue weighted by molar-refractivity contribution is -0.218. The second-order valence-electron chi connectivity index (χ2n) is 11.5. The smallest absolute Gasteiger partial charge is 0.169 e. The number of ether oxygens (including phenoxy) is 2. The molecule has 5 aliphatic rings. The van der Waals surface area contributed by atoms with Gasteiger partial charge in [-0.2, -0.15) is 0 Å². The fraction of sp³-hybridized carbons (Fsp3) is 0.958. The number of carbonyl (C=O) groups is 1. The van der Waals surface area contributed by atoms with Crippen molar-refractivity contribution in [2.24, 2.45) is 46.3 Å². The molecule has 4 nitrogen and oxygen atoms in total. The van der Waals surface area contributed by atoms with Crippen LogP contribution in [0.5, 0.6) is 0 Å². The molecule has 0 bridgehead atoms. The van der Waals surface area contributed by atoms with Gasteiger partial charge in [0.1, 0.15) is 5.78 Å². The summed E-state index contributed by atoms with van der Waals surface area (Å²) in [5.41, 5.74) is 0.0662. The van der Waals surface area contributed by atoms with Crippen LogP contribution in [0.15, 0.2) is 0 Å². The molecule has 0 aromatic heterocycles. The van der Waals surface area contributed by atoms with Gasteiger partial charge in [0.2, 0.25) is 0 Å². The van der Waals surface area contributed by atoms with E-state index >= 15 is 0 Å². The Kier molecular flexibility index (Phi) is 4.37. The number of rotatable bonds is 1. The van der Waals surface area contributed by atoms with Crippen molar-refractivity contribution in [3.8, 4) is 0 Å². The molecule has 0 amide bonds. The van der Waals surface area contributed by atoms with Crippen LogP contribution in [0.1, 0.15) is 72.6 Å². The van der Waals surface area contributed by atoms with Gasteiger partial charge in [0.15, 0.2) is 5.79 Å². The van der Waals surface area contributed by atoms with Crippen molar-refractivity contribution in [2.45, 2.75) is 84.5 Å². The Balaban J connectivity index is 1.50. The van der Waals surface area contributed by atoms with Gasteiger partial charge in [-0.05, 0) is 80.0 Å². The lowest BCUT2D eigenvalue weighted by Gasteiger charge is -2.62. The first-order valence-electron chi connectivity index (χ1n) is 11.7. The maximum atomic E-state index is 13.7. The minimum Gasteiger partial charge on any atom is -0.393 e. The van der Waals surface area contributed by atoms with Crippen LogP contribution in [0.3, 0.4) is 0 Å². The number of hydrogen-bond acceptors (Lipinski definition) is 4. The van der Waals surface area contributed by atoms with Crippen molar-refractivity contribution in [2.75, 3.05) is 13.2 Å². The normalized spacial score (nSPS) is 55.5. The molecule has 0 radical (unpaired) electrons. The predicted molar refractivity (Wildman–Crippen MR) is 106 cm³/mol. The third kappa shape index (κ3) is 2.50. The third-order valence-electron chi connectivity index (χ3n) is 10.2. The number of fused-ring (bicyclic) bond motifs is 5. The fourth-order valence-corrected chi connectivity index (χ4v) is 9.13. The third-order valence-corrected chi connectivity index (χ3v) is 10.2. The monoisotopic (exact) mass is 390 g/mol. The molecule has 28 heavy (non-hydrogen) atoms. The molecule has 4 aliphatic carbocycles. The minimum atomic E-state index is -0.516. The van der Waals surface area contributed by atoms with Gasteiger partial charge in [-0.1, -0.05) is 20.8 Å². The van der Waals surface area contributed by atoms with Gasteiger partial charge in [0, 0.05) is 18.3 Å². The van der Waals surface area contributed by atoms with E-state index in [2.05, 4.69) is 27.7 Å². The van der Waals surface area contributed by atoms with Crippen LogP contribution in [-0.4, -0.2) is 36.0 Å². The van der Waals surface area contributed by atoms with Crippen LogP contribution in [0.25, 0.3) is 0 Å². The van der Waals surface area contributed by atoms with Gasteiger partial charge in [-0.15, -0.1) is 0 Å². The number of aliphatic hydroxyl groups is 1. The molecule has 158 valence electrons. The highest BCUT2D eigenvalue weighted by Crippen LogP contribution is 2.68. The molecular formula is C24H38O4. The number of ketones is 1. The first kappa shape index (κ1) is 19.5. The van der Waals surface area contributed by atoms with E-state index in [0.717, 1.165) is 32.1 Å². The Morgan fingerprint density at radius 1 is 0.964 bits per heavy atom. The van der Waals surface area contributed by atoms with Crippen LogP contribution < -0.4 is 0 Å². The van der Waals surface area contributed by atoms with E-state index in [4.69, 9.17) is 9.47 Å². The van der Waals surface area contributed by atoms with Gasteiger partial charge >= 0.3 is 0 Å². The summed E-state index contributed by atoms with van der Waals surface area (Å²) in [4.78, 5) is 13.7. The van der Waals surface area contributed by atoms with Crippen molar-refractivity contribution in [3.63, 3.8) is 0 Å². The summed E-state index contributed by atoms with van der Waals surface area (Å²) in [6.07, 6.45) is 6.73. The molecule has 0 spiro atoms. The van der Waals surface area contributed by atoms with Crippen molar-refractivity contribution < 1.29 is 19.4 Å². The van der Waals surface area contributed by atoms with E-state index in [1.54, 1.807) is 0 Å². The molecule has 0 aromatic carbocycles. The average molecular weight is 391 g/mol. The molecule has 4 heteroatoms. The molecule has 1 aliphatic heterocycles. The van der Waals surface area contributed by atoms with Crippen LogP contribution in [-0.2, 0) is 14.3 Å². The molecule has 1 saturated heterocycles. The maximum Gasteiger partial charge on any atom is 0.169 e. The summed E-state index contributed by atoms with van der Waals surface area (Å²) in [5, 5.41) is 10.3. The first-order valence-corrected chi connectivity index (χ1v) is 11.7. The zero-order chi connectivity index (χ0) is 19.9. The van der Waals surface area contributed by atoms with Crippen molar-refractivity contribution >= 4 is 5.78 Å². The summed E-state index contributed by atoms with van der Waals surface area (Å²) in [6.45, 7) is 10.6. The van der Waals surface area contributed by atoms with E-state index in [0.29, 0.717) is 55.0 Å². The SMILES string of the molecule is C[C@@H]1C[C@H]2[C@@H]3CC[C@H](C4(C)OCCO4)[C@@]3(C)CC(=O)[C@@H]2[C@@]2(C)CC[C@@H](O)C[C@H]12. The van der Waals surface area contributed by atoms with Gasteiger partial charge in [0.05, 0.1) is 19.3 Å². The van der Waals surface area contributed by atoms with Crippen molar-refractivity contribution in [1.82, 2.24) is 0 Å². The second-order valence-corrected chi connectivity index (χ2v) is 11.5. The van der Waals surface area contributed by atoms with Gasteiger partial charge < -0.3 is 14.6 Å². The molecule has 4 saturated carbocycles. The van der Waals surface area contributed by atoms with Crippen LogP contribution >= 0.6 is 0 Å². The standard InChI is InChI=1S/C24H38O4/c1-14-11-16-17-5-6-20(24(4)27-9-10-28-24)23(17,3)13-19(26)21(16)22(2)8-7-15(25)12-18(14)22/h14-18,20-21,25H,5-13H2,1-4H3/t14-,15-,16+,17+,18-,20+,21-,22+,23+/m1/s1. The zero-order valence-electron chi connectivity index (χ0n) is 18.1. The van der Waals surface area contributed by atoms with Gasteiger partial charge in [-0.25, -0.2) is 0 Å². The number of aliphatic hydroxyl groups excluding tert-OH is 1. The highest BCUT2D eigenvalue weighted by atomic mass is 16.7. The van der Waals surface area contributed by atoms with E-state index in [-0.39, 0.29) is 22.9 Å². The van der Waals surface area contributed by atoms with E-state index in [1.165, 1.54) is 6.42 Å². The molecule has 0 aromatic rings. The van der Waals surface area contributed by atoms with Crippen LogP contribution in [0.2, 0.25) is 0 Å². The number of Topliss-reactive ketones (excluding diaryl/α,β-unsaturated/α-hetero) is 1. The van der Waals surface area contributed by atoms with Gasteiger partial charge in [-0.3, -0.25) is 4.79 Å². The number of hydrogen-bond donors (Lipinski definition) is 1. The predicted octanol–water partition coefficient (Wildman–Crippen LogP) is 4.19. The van der Waals surface area contributed by atoms with Crippen LogP contribution in [0, 0.1) is 46.3 Å². The Labute approximate surface area is 169 Å². The highest BCUT2D eigenvalue weighted by molar-refractivity contribution is 5.84. The van der Waals surface area contributed by atoms with Crippen molar-refractivity contribution in [1.29, 1.82) is 0 Å². The Morgan fingerprint density at radius 3 is 2.39 bits per heavy atom. The Morgan fingerprint density at radius 2 is 1.68 bits per heavy atom. The maximum absolute atomic E-state index is 13.7. The molecular weight excluding hydrogens is 352 g/mol. The van der Waals surface area contributed by atoms with E-state index in [9.17, 15) is 9.90 Å². The summed E-state index contributed by atoms with van der Waals surface area (Å²) in [7, 11) is 0. The second kappa shape index (κ2) is 6.28.